The summed E-state index contributed by atoms with van der Waals surface area (Å²) in [5.41, 5.74) is 1.45. The van der Waals surface area contributed by atoms with Gasteiger partial charge in [-0.25, -0.2) is 9.59 Å². The van der Waals surface area contributed by atoms with Crippen molar-refractivity contribution in [1.29, 1.82) is 0 Å². The van der Waals surface area contributed by atoms with Gasteiger partial charge in [-0.2, -0.15) is 0 Å². The first-order valence-corrected chi connectivity index (χ1v) is 17.4. The van der Waals surface area contributed by atoms with Crippen molar-refractivity contribution in [1.82, 2.24) is 20.4 Å². The maximum absolute atomic E-state index is 12.9. The van der Waals surface area contributed by atoms with E-state index < -0.39 is 11.2 Å². The molecular formula is C38H58N4O4. The van der Waals surface area contributed by atoms with Gasteiger partial charge in [0.05, 0.1) is 0 Å². The zero-order valence-corrected chi connectivity index (χ0v) is 29.1. The van der Waals surface area contributed by atoms with Gasteiger partial charge >= 0.3 is 12.2 Å². The fourth-order valence-corrected chi connectivity index (χ4v) is 6.97. The van der Waals surface area contributed by atoms with Crippen LogP contribution < -0.4 is 10.6 Å². The van der Waals surface area contributed by atoms with E-state index in [9.17, 15) is 9.59 Å². The molecule has 8 heteroatoms. The molecule has 2 saturated carbocycles. The van der Waals surface area contributed by atoms with E-state index in [1.165, 1.54) is 11.1 Å². The zero-order chi connectivity index (χ0) is 33.2. The summed E-state index contributed by atoms with van der Waals surface area (Å²) in [6.45, 7) is 14.7. The monoisotopic (exact) mass is 634 g/mol. The molecule has 46 heavy (non-hydrogen) atoms. The van der Waals surface area contributed by atoms with E-state index in [-0.39, 0.29) is 36.4 Å². The molecule has 254 valence electrons. The van der Waals surface area contributed by atoms with Crippen LogP contribution in [0.5, 0.6) is 0 Å². The smallest absolute Gasteiger partial charge is 0.407 e. The highest BCUT2D eigenvalue weighted by atomic mass is 16.6. The number of benzene rings is 2. The van der Waals surface area contributed by atoms with Gasteiger partial charge in [-0.05, 0) is 78.4 Å². The minimum absolute atomic E-state index is 0.0196. The molecule has 2 aromatic rings. The van der Waals surface area contributed by atoms with Crippen molar-refractivity contribution in [2.75, 3.05) is 13.1 Å². The Kier molecular flexibility index (Phi) is 12.9. The maximum atomic E-state index is 12.9. The first-order valence-electron chi connectivity index (χ1n) is 17.4. The van der Waals surface area contributed by atoms with Crippen LogP contribution >= 0.6 is 0 Å². The van der Waals surface area contributed by atoms with Crippen LogP contribution in [0.15, 0.2) is 60.7 Å². The van der Waals surface area contributed by atoms with E-state index in [4.69, 9.17) is 9.47 Å². The molecule has 0 aliphatic heterocycles. The molecule has 0 heterocycles. The van der Waals surface area contributed by atoms with Crippen molar-refractivity contribution in [3.8, 4) is 0 Å². The van der Waals surface area contributed by atoms with Gasteiger partial charge in [-0.3, -0.25) is 9.80 Å². The molecule has 4 rings (SSSR count). The van der Waals surface area contributed by atoms with Gasteiger partial charge in [0.2, 0.25) is 0 Å². The van der Waals surface area contributed by atoms with E-state index in [0.717, 1.165) is 77.5 Å². The highest BCUT2D eigenvalue weighted by Gasteiger charge is 2.35. The summed E-state index contributed by atoms with van der Waals surface area (Å²) in [5, 5.41) is 6.50. The Morgan fingerprint density at radius 3 is 1.30 bits per heavy atom. The second-order valence-corrected chi connectivity index (χ2v) is 15.1. The molecule has 0 bridgehead atoms. The highest BCUT2D eigenvalue weighted by molar-refractivity contribution is 5.68. The second-order valence-electron chi connectivity index (χ2n) is 15.1. The lowest BCUT2D eigenvalue weighted by Crippen LogP contribution is -2.57. The number of amides is 2. The number of carbonyl (C=O) groups excluding carboxylic acids is 2. The molecule has 2 amide bonds. The normalized spacial score (nSPS) is 22.3. The second kappa shape index (κ2) is 16.6. The van der Waals surface area contributed by atoms with Gasteiger partial charge in [-0.1, -0.05) is 86.3 Å². The molecule has 0 radical (unpaired) electrons. The first kappa shape index (κ1) is 35.7. The summed E-state index contributed by atoms with van der Waals surface area (Å²) < 4.78 is 11.4. The fraction of sp³-hybridized carbons (Fsp3) is 0.632. The molecular weight excluding hydrogens is 576 g/mol. The third-order valence-electron chi connectivity index (χ3n) is 8.93. The van der Waals surface area contributed by atoms with E-state index in [1.54, 1.807) is 0 Å². The molecule has 2 fully saturated rings. The number of alkyl carbamates (subject to hydrolysis) is 2. The highest BCUT2D eigenvalue weighted by Crippen LogP contribution is 2.28. The van der Waals surface area contributed by atoms with E-state index in [0.29, 0.717) is 0 Å². The maximum Gasteiger partial charge on any atom is 0.407 e. The van der Waals surface area contributed by atoms with Crippen molar-refractivity contribution in [2.24, 2.45) is 0 Å². The SMILES string of the molecule is CC(C)(C)OC(=O)N[C@H]1CCCC[C@@H]1N(CCN(Cc1ccccc1)C1CCCC[C@H]1NC(=O)OC(C)(C)C)Cc1ccccc1. The Bertz CT molecular complexity index is 1120. The summed E-state index contributed by atoms with van der Waals surface area (Å²) >= 11 is 0. The van der Waals surface area contributed by atoms with Crippen LogP contribution in [0.3, 0.4) is 0 Å². The zero-order valence-electron chi connectivity index (χ0n) is 29.1. The molecule has 4 atom stereocenters. The number of rotatable bonds is 11. The van der Waals surface area contributed by atoms with Gasteiger partial charge in [0, 0.05) is 50.3 Å². The minimum Gasteiger partial charge on any atom is -0.444 e. The number of hydrogen-bond acceptors (Lipinski definition) is 6. The average molecular weight is 635 g/mol. The Morgan fingerprint density at radius 1 is 0.609 bits per heavy atom. The van der Waals surface area contributed by atoms with Crippen LogP contribution in [0.25, 0.3) is 0 Å². The first-order chi connectivity index (χ1) is 21.9. The minimum atomic E-state index is -0.542. The summed E-state index contributed by atoms with van der Waals surface area (Å²) in [4.78, 5) is 31.0. The molecule has 0 saturated heterocycles. The van der Waals surface area contributed by atoms with Crippen molar-refractivity contribution >= 4 is 12.2 Å². The van der Waals surface area contributed by atoms with Crippen LogP contribution in [0.4, 0.5) is 9.59 Å². The molecule has 1 unspecified atom stereocenters. The van der Waals surface area contributed by atoms with E-state index in [2.05, 4.69) is 81.1 Å². The Balaban J connectivity index is 1.57. The van der Waals surface area contributed by atoms with E-state index in [1.807, 2.05) is 41.5 Å². The molecule has 2 N–H and O–H groups in total. The Morgan fingerprint density at radius 2 is 0.957 bits per heavy atom. The van der Waals surface area contributed by atoms with Crippen LogP contribution in [0.1, 0.15) is 104 Å². The van der Waals surface area contributed by atoms with Crippen molar-refractivity contribution in [3.63, 3.8) is 0 Å². The number of ether oxygens (including phenoxy) is 2. The van der Waals surface area contributed by atoms with E-state index >= 15 is 0 Å². The largest absolute Gasteiger partial charge is 0.444 e. The quantitative estimate of drug-likeness (QED) is 0.264. The number of nitrogens with zero attached hydrogens (tertiary/aromatic N) is 2. The van der Waals surface area contributed by atoms with Crippen LogP contribution in [-0.4, -0.2) is 70.4 Å². The Hall–Kier alpha value is -3.10. The predicted molar refractivity (Wildman–Crippen MR) is 185 cm³/mol. The van der Waals surface area contributed by atoms with Crippen molar-refractivity contribution < 1.29 is 19.1 Å². The number of nitrogens with one attached hydrogen (secondary N) is 2. The number of hydrogen-bond donors (Lipinski definition) is 2. The lowest BCUT2D eigenvalue weighted by atomic mass is 9.88. The third kappa shape index (κ3) is 11.9. The molecule has 0 aromatic heterocycles. The van der Waals surface area contributed by atoms with Crippen molar-refractivity contribution in [3.05, 3.63) is 71.8 Å². The predicted octanol–water partition coefficient (Wildman–Crippen LogP) is 7.66. The third-order valence-corrected chi connectivity index (χ3v) is 8.93. The molecule has 2 aliphatic rings. The molecule has 2 aliphatic carbocycles. The van der Waals surface area contributed by atoms with Gasteiger partial charge in [0.1, 0.15) is 11.2 Å². The lowest BCUT2D eigenvalue weighted by molar-refractivity contribution is 0.0325. The topological polar surface area (TPSA) is 83.1 Å². The number of carbonyl (C=O) groups is 2. The lowest BCUT2D eigenvalue weighted by Gasteiger charge is -2.44. The molecule has 2 aromatic carbocycles. The molecule has 8 nitrogen and oxygen atoms in total. The summed E-state index contributed by atoms with van der Waals surface area (Å²) in [6.07, 6.45) is 7.71. The standard InChI is InChI=1S/C38H58N4O4/c1-37(2,3)45-35(43)39-31-21-13-15-23-33(31)41(27-29-17-9-7-10-18-29)25-26-42(28-30-19-11-8-12-20-30)34-24-16-14-22-32(34)40-36(44)46-38(4,5)6/h7-12,17-20,31-34H,13-16,21-28H2,1-6H3,(H,39,43)(H,40,44)/t31-,32+,33-,34?/m0/s1. The van der Waals surface area contributed by atoms with Crippen LogP contribution in [0, 0.1) is 0 Å². The Labute approximate surface area is 277 Å². The average Bonchev–Trinajstić information content (AvgIpc) is 2.98. The van der Waals surface area contributed by atoms with Gasteiger partial charge in [0.25, 0.3) is 0 Å². The summed E-state index contributed by atoms with van der Waals surface area (Å²) in [7, 11) is 0. The van der Waals surface area contributed by atoms with Gasteiger partial charge in [0.15, 0.2) is 0 Å². The fourth-order valence-electron chi connectivity index (χ4n) is 6.97. The van der Waals surface area contributed by atoms with Crippen LogP contribution in [-0.2, 0) is 22.6 Å². The summed E-state index contributed by atoms with van der Waals surface area (Å²) in [6, 6.07) is 21.7. The van der Waals surface area contributed by atoms with Crippen molar-refractivity contribution in [2.45, 2.75) is 141 Å². The van der Waals surface area contributed by atoms with Gasteiger partial charge in [-0.15, -0.1) is 0 Å². The van der Waals surface area contributed by atoms with Crippen LogP contribution in [0.2, 0.25) is 0 Å². The summed E-state index contributed by atoms with van der Waals surface area (Å²) in [5.74, 6) is 0. The van der Waals surface area contributed by atoms with Gasteiger partial charge < -0.3 is 20.1 Å². The molecule has 0 spiro atoms.